The van der Waals surface area contributed by atoms with Crippen LogP contribution in [0.1, 0.15) is 38.8 Å². The molecule has 2 aromatic heterocycles. The van der Waals surface area contributed by atoms with E-state index in [1.165, 1.54) is 0 Å². The van der Waals surface area contributed by atoms with Crippen LogP contribution in [-0.2, 0) is 6.54 Å². The number of oxazole rings is 1. The number of hydrogen-bond donors (Lipinski definition) is 3. The van der Waals surface area contributed by atoms with Gasteiger partial charge in [0.2, 0.25) is 5.89 Å². The Morgan fingerprint density at radius 2 is 2.19 bits per heavy atom. The van der Waals surface area contributed by atoms with E-state index in [0.29, 0.717) is 18.4 Å². The number of rotatable bonds is 10. The van der Waals surface area contributed by atoms with Crippen LogP contribution >= 0.6 is 35.3 Å². The van der Waals surface area contributed by atoms with Crippen molar-refractivity contribution in [2.75, 3.05) is 19.7 Å². The van der Waals surface area contributed by atoms with Gasteiger partial charge in [-0.1, -0.05) is 19.4 Å². The molecule has 0 fully saturated rings. The van der Waals surface area contributed by atoms with E-state index >= 15 is 0 Å². The van der Waals surface area contributed by atoms with Crippen LogP contribution < -0.4 is 10.6 Å². The first kappa shape index (κ1) is 22.9. The second-order valence-electron chi connectivity index (χ2n) is 5.86. The lowest BCUT2D eigenvalue weighted by Gasteiger charge is -2.18. The van der Waals surface area contributed by atoms with Gasteiger partial charge in [0.25, 0.3) is 0 Å². The lowest BCUT2D eigenvalue weighted by atomic mass is 10.0. The molecule has 0 saturated carbocycles. The monoisotopic (exact) mass is 492 g/mol. The Kier molecular flexibility index (Phi) is 11.5. The van der Waals surface area contributed by atoms with Crippen LogP contribution in [0, 0.1) is 5.92 Å². The van der Waals surface area contributed by atoms with Gasteiger partial charge < -0.3 is 20.2 Å². The summed E-state index contributed by atoms with van der Waals surface area (Å²) in [6.45, 7) is 6.50. The number of aliphatic hydroxyl groups excluding tert-OH is 1. The van der Waals surface area contributed by atoms with Gasteiger partial charge in [0, 0.05) is 19.7 Å². The molecule has 2 aromatic rings. The fourth-order valence-electron chi connectivity index (χ4n) is 2.58. The van der Waals surface area contributed by atoms with Crippen LogP contribution in [0.3, 0.4) is 0 Å². The van der Waals surface area contributed by atoms with Crippen molar-refractivity contribution in [1.82, 2.24) is 15.6 Å². The molecule has 0 radical (unpaired) electrons. The Labute approximate surface area is 176 Å². The third kappa shape index (κ3) is 7.63. The number of guanidine groups is 1. The molecule has 0 aliphatic carbocycles. The number of hydrogen-bond acceptors (Lipinski definition) is 5. The van der Waals surface area contributed by atoms with E-state index in [1.807, 2.05) is 24.4 Å². The van der Waals surface area contributed by atoms with Gasteiger partial charge in [-0.25, -0.2) is 9.98 Å². The molecule has 0 aromatic carbocycles. The number of aliphatic imine (C=N–C) groups is 1. The lowest BCUT2D eigenvalue weighted by Crippen LogP contribution is -2.40. The SMILES string of the molecule is CCCC(CCO)CNC(=NCc1coc(-c2cccs2)n1)NCC.I. The van der Waals surface area contributed by atoms with Crippen molar-refractivity contribution in [1.29, 1.82) is 0 Å². The first-order valence-electron chi connectivity index (χ1n) is 8.88. The van der Waals surface area contributed by atoms with Crippen molar-refractivity contribution in [3.8, 4) is 10.8 Å². The highest BCUT2D eigenvalue weighted by atomic mass is 127. The molecule has 3 N–H and O–H groups in total. The Balaban J connectivity index is 0.00000338. The average Bonchev–Trinajstić information content (AvgIpc) is 3.28. The molecule has 0 aliphatic rings. The topological polar surface area (TPSA) is 82.7 Å². The van der Waals surface area contributed by atoms with E-state index in [9.17, 15) is 5.11 Å². The molecule has 8 heteroatoms. The smallest absolute Gasteiger partial charge is 0.236 e. The number of nitrogens with one attached hydrogen (secondary N) is 2. The number of halogens is 1. The number of thiophene rings is 1. The molecule has 0 aliphatic heterocycles. The molecule has 0 bridgehead atoms. The highest BCUT2D eigenvalue weighted by Gasteiger charge is 2.10. The maximum Gasteiger partial charge on any atom is 0.236 e. The summed E-state index contributed by atoms with van der Waals surface area (Å²) in [6, 6.07) is 3.97. The van der Waals surface area contributed by atoms with Gasteiger partial charge in [-0.3, -0.25) is 0 Å². The molecule has 0 spiro atoms. The van der Waals surface area contributed by atoms with Gasteiger partial charge >= 0.3 is 0 Å². The lowest BCUT2D eigenvalue weighted by molar-refractivity contribution is 0.251. The summed E-state index contributed by atoms with van der Waals surface area (Å²) in [7, 11) is 0. The van der Waals surface area contributed by atoms with Gasteiger partial charge in [-0.2, -0.15) is 0 Å². The highest BCUT2D eigenvalue weighted by Crippen LogP contribution is 2.23. The van der Waals surface area contributed by atoms with E-state index in [0.717, 1.165) is 48.9 Å². The quantitative estimate of drug-likeness (QED) is 0.267. The minimum Gasteiger partial charge on any atom is -0.443 e. The average molecular weight is 492 g/mol. The zero-order valence-corrected chi connectivity index (χ0v) is 18.5. The van der Waals surface area contributed by atoms with Crippen molar-refractivity contribution < 1.29 is 9.52 Å². The zero-order valence-electron chi connectivity index (χ0n) is 15.4. The molecule has 1 unspecified atom stereocenters. The molecule has 0 saturated heterocycles. The standard InChI is InChI=1S/C18H28N4O2S.HI/c1-3-6-14(8-9-23)11-20-18(19-4-2)21-12-15-13-24-17(22-15)16-7-5-10-25-16;/h5,7,10,13-14,23H,3-4,6,8-9,11-12H2,1-2H3,(H2,19,20,21);1H. The maximum absolute atomic E-state index is 9.17. The molecular formula is C18H29IN4O2S. The van der Waals surface area contributed by atoms with Gasteiger partial charge in [-0.05, 0) is 37.1 Å². The Morgan fingerprint density at radius 3 is 2.85 bits per heavy atom. The predicted molar refractivity (Wildman–Crippen MR) is 118 cm³/mol. The van der Waals surface area contributed by atoms with Crippen LogP contribution in [-0.4, -0.2) is 35.7 Å². The number of aliphatic hydroxyl groups is 1. The zero-order chi connectivity index (χ0) is 17.9. The van der Waals surface area contributed by atoms with E-state index in [4.69, 9.17) is 4.42 Å². The summed E-state index contributed by atoms with van der Waals surface area (Å²) in [5, 5.41) is 17.8. The number of aromatic nitrogens is 1. The van der Waals surface area contributed by atoms with Crippen molar-refractivity contribution in [3.63, 3.8) is 0 Å². The second-order valence-corrected chi connectivity index (χ2v) is 6.81. The van der Waals surface area contributed by atoms with Gasteiger partial charge in [0.05, 0.1) is 11.4 Å². The first-order chi connectivity index (χ1) is 12.3. The minimum atomic E-state index is 0. The highest BCUT2D eigenvalue weighted by molar-refractivity contribution is 14.0. The van der Waals surface area contributed by atoms with Crippen molar-refractivity contribution >= 4 is 41.3 Å². The molecule has 2 heterocycles. The summed E-state index contributed by atoms with van der Waals surface area (Å²) in [4.78, 5) is 10.1. The Hall–Kier alpha value is -1.13. The van der Waals surface area contributed by atoms with Crippen LogP contribution in [0.15, 0.2) is 33.2 Å². The fourth-order valence-corrected chi connectivity index (χ4v) is 3.23. The minimum absolute atomic E-state index is 0. The van der Waals surface area contributed by atoms with Crippen molar-refractivity contribution in [2.24, 2.45) is 10.9 Å². The fraction of sp³-hybridized carbons (Fsp3) is 0.556. The third-order valence-electron chi connectivity index (χ3n) is 3.82. The number of nitrogens with zero attached hydrogens (tertiary/aromatic N) is 2. The molecule has 146 valence electrons. The maximum atomic E-state index is 9.17. The van der Waals surface area contributed by atoms with Gasteiger partial charge in [0.15, 0.2) is 5.96 Å². The largest absolute Gasteiger partial charge is 0.443 e. The Bertz CT molecular complexity index is 625. The van der Waals surface area contributed by atoms with Gasteiger partial charge in [-0.15, -0.1) is 35.3 Å². The summed E-state index contributed by atoms with van der Waals surface area (Å²) in [6.07, 6.45) is 4.69. The molecule has 2 rings (SSSR count). The third-order valence-corrected chi connectivity index (χ3v) is 4.68. The van der Waals surface area contributed by atoms with Crippen LogP contribution in [0.4, 0.5) is 0 Å². The molecule has 26 heavy (non-hydrogen) atoms. The predicted octanol–water partition coefficient (Wildman–Crippen LogP) is 3.87. The van der Waals surface area contributed by atoms with Crippen molar-refractivity contribution in [2.45, 2.75) is 39.7 Å². The van der Waals surface area contributed by atoms with Crippen LogP contribution in [0.25, 0.3) is 10.8 Å². The molecule has 1 atom stereocenters. The van der Waals surface area contributed by atoms with Crippen LogP contribution in [0.2, 0.25) is 0 Å². The summed E-state index contributed by atoms with van der Waals surface area (Å²) in [5.41, 5.74) is 0.807. The van der Waals surface area contributed by atoms with Gasteiger partial charge in [0.1, 0.15) is 12.0 Å². The van der Waals surface area contributed by atoms with Crippen molar-refractivity contribution in [3.05, 3.63) is 29.5 Å². The van der Waals surface area contributed by atoms with E-state index in [-0.39, 0.29) is 30.6 Å². The molecule has 6 nitrogen and oxygen atoms in total. The summed E-state index contributed by atoms with van der Waals surface area (Å²) < 4.78 is 5.52. The van der Waals surface area contributed by atoms with E-state index in [2.05, 4.69) is 27.5 Å². The molecule has 0 amide bonds. The van der Waals surface area contributed by atoms with Crippen LogP contribution in [0.5, 0.6) is 0 Å². The summed E-state index contributed by atoms with van der Waals surface area (Å²) in [5.74, 6) is 1.86. The summed E-state index contributed by atoms with van der Waals surface area (Å²) >= 11 is 1.61. The first-order valence-corrected chi connectivity index (χ1v) is 9.76. The second kappa shape index (κ2) is 13.1. The Morgan fingerprint density at radius 1 is 1.35 bits per heavy atom. The van der Waals surface area contributed by atoms with E-state index in [1.54, 1.807) is 17.6 Å². The normalized spacial score (nSPS) is 12.5. The van der Waals surface area contributed by atoms with E-state index < -0.39 is 0 Å². The molecular weight excluding hydrogens is 463 g/mol.